The van der Waals surface area contributed by atoms with E-state index < -0.39 is 5.60 Å². The molecule has 90 valence electrons. The molecule has 2 rings (SSSR count). The van der Waals surface area contributed by atoms with Gasteiger partial charge in [0.1, 0.15) is 0 Å². The second-order valence-electron chi connectivity index (χ2n) is 4.75. The normalized spacial score (nSPS) is 23.5. The zero-order valence-corrected chi connectivity index (χ0v) is 9.61. The van der Waals surface area contributed by atoms with Crippen molar-refractivity contribution in [3.8, 4) is 0 Å². The van der Waals surface area contributed by atoms with Crippen LogP contribution in [0.1, 0.15) is 26.2 Å². The van der Waals surface area contributed by atoms with Crippen LogP contribution in [0.25, 0.3) is 0 Å². The highest BCUT2D eigenvalue weighted by Crippen LogP contribution is 2.24. The fraction of sp³-hybridized carbons (Fsp3) is 0.818. The van der Waals surface area contributed by atoms with Crippen LogP contribution in [0, 0.1) is 0 Å². The van der Waals surface area contributed by atoms with E-state index in [-0.39, 0.29) is 18.4 Å². The SMILES string of the molecule is CCC1(O)CN(C(=O)CN2CCCC2=O)C1. The number of nitrogens with zero attached hydrogens (tertiary/aromatic N) is 2. The quantitative estimate of drug-likeness (QED) is 0.712. The zero-order valence-electron chi connectivity index (χ0n) is 9.61. The smallest absolute Gasteiger partial charge is 0.242 e. The Hall–Kier alpha value is -1.10. The Bertz CT molecular complexity index is 310. The van der Waals surface area contributed by atoms with Gasteiger partial charge in [-0.05, 0) is 12.8 Å². The minimum Gasteiger partial charge on any atom is -0.386 e. The van der Waals surface area contributed by atoms with Gasteiger partial charge in [-0.15, -0.1) is 0 Å². The lowest BCUT2D eigenvalue weighted by Crippen LogP contribution is -2.64. The molecule has 5 nitrogen and oxygen atoms in total. The van der Waals surface area contributed by atoms with Crippen molar-refractivity contribution < 1.29 is 14.7 Å². The summed E-state index contributed by atoms with van der Waals surface area (Å²) in [6.45, 7) is 3.59. The van der Waals surface area contributed by atoms with Gasteiger partial charge >= 0.3 is 0 Å². The molecule has 0 bridgehead atoms. The van der Waals surface area contributed by atoms with Gasteiger partial charge in [0, 0.05) is 13.0 Å². The maximum atomic E-state index is 11.8. The molecular weight excluding hydrogens is 208 g/mol. The molecular formula is C11H18N2O3. The van der Waals surface area contributed by atoms with E-state index in [1.54, 1.807) is 9.80 Å². The van der Waals surface area contributed by atoms with E-state index in [0.717, 1.165) is 6.42 Å². The average Bonchev–Trinajstić information content (AvgIpc) is 2.59. The van der Waals surface area contributed by atoms with Crippen LogP contribution in [-0.4, -0.2) is 58.5 Å². The third-order valence-electron chi connectivity index (χ3n) is 3.48. The van der Waals surface area contributed by atoms with E-state index in [9.17, 15) is 14.7 Å². The summed E-state index contributed by atoms with van der Waals surface area (Å²) in [5.41, 5.74) is -0.690. The summed E-state index contributed by atoms with van der Waals surface area (Å²) >= 11 is 0. The average molecular weight is 226 g/mol. The van der Waals surface area contributed by atoms with Crippen molar-refractivity contribution in [1.29, 1.82) is 0 Å². The first kappa shape index (κ1) is 11.4. The Kier molecular flexibility index (Phi) is 2.88. The number of amides is 2. The molecule has 2 saturated heterocycles. The second-order valence-corrected chi connectivity index (χ2v) is 4.75. The standard InChI is InChI=1S/C11H18N2O3/c1-2-11(16)7-13(8-11)10(15)6-12-5-3-4-9(12)14/h16H,2-8H2,1H3. The van der Waals surface area contributed by atoms with Crippen LogP contribution in [-0.2, 0) is 9.59 Å². The number of rotatable bonds is 3. The van der Waals surface area contributed by atoms with E-state index in [2.05, 4.69) is 0 Å². The maximum Gasteiger partial charge on any atom is 0.242 e. The minimum absolute atomic E-state index is 0.0478. The monoisotopic (exact) mass is 226 g/mol. The van der Waals surface area contributed by atoms with E-state index in [1.807, 2.05) is 6.92 Å². The van der Waals surface area contributed by atoms with Crippen LogP contribution in [0.4, 0.5) is 0 Å². The van der Waals surface area contributed by atoms with Crippen LogP contribution >= 0.6 is 0 Å². The molecule has 0 unspecified atom stereocenters. The summed E-state index contributed by atoms with van der Waals surface area (Å²) < 4.78 is 0. The molecule has 16 heavy (non-hydrogen) atoms. The van der Waals surface area contributed by atoms with Gasteiger partial charge in [0.25, 0.3) is 0 Å². The van der Waals surface area contributed by atoms with Crippen molar-refractivity contribution >= 4 is 11.8 Å². The molecule has 0 saturated carbocycles. The van der Waals surface area contributed by atoms with Crippen LogP contribution in [0.3, 0.4) is 0 Å². The molecule has 0 aromatic carbocycles. The first-order chi connectivity index (χ1) is 7.54. The lowest BCUT2D eigenvalue weighted by molar-refractivity contribution is -0.158. The zero-order chi connectivity index (χ0) is 11.8. The largest absolute Gasteiger partial charge is 0.386 e. The van der Waals surface area contributed by atoms with Crippen molar-refractivity contribution in [3.05, 3.63) is 0 Å². The Morgan fingerprint density at radius 1 is 1.50 bits per heavy atom. The number of hydrogen-bond donors (Lipinski definition) is 1. The van der Waals surface area contributed by atoms with Gasteiger partial charge < -0.3 is 14.9 Å². The molecule has 0 aromatic heterocycles. The van der Waals surface area contributed by atoms with Crippen LogP contribution in [0.15, 0.2) is 0 Å². The Morgan fingerprint density at radius 2 is 2.19 bits per heavy atom. The van der Waals surface area contributed by atoms with Gasteiger partial charge in [-0.1, -0.05) is 6.92 Å². The van der Waals surface area contributed by atoms with Gasteiger partial charge in [0.2, 0.25) is 11.8 Å². The molecule has 2 aliphatic heterocycles. The van der Waals surface area contributed by atoms with Crippen molar-refractivity contribution in [2.75, 3.05) is 26.2 Å². The summed E-state index contributed by atoms with van der Waals surface area (Å²) in [6, 6.07) is 0. The topological polar surface area (TPSA) is 60.9 Å². The molecule has 0 atom stereocenters. The van der Waals surface area contributed by atoms with Crippen LogP contribution < -0.4 is 0 Å². The molecule has 0 spiro atoms. The number of carbonyl (C=O) groups is 2. The van der Waals surface area contributed by atoms with Gasteiger partial charge in [-0.25, -0.2) is 0 Å². The third-order valence-corrected chi connectivity index (χ3v) is 3.48. The van der Waals surface area contributed by atoms with E-state index in [1.165, 1.54) is 0 Å². The third kappa shape index (κ3) is 2.04. The van der Waals surface area contributed by atoms with Gasteiger partial charge in [0.15, 0.2) is 0 Å². The number of β-amino-alcohol motifs (C(OH)–C–C–N with tert-alkyl or cyclic N) is 1. The number of likely N-dealkylation sites (tertiary alicyclic amines) is 2. The first-order valence-electron chi connectivity index (χ1n) is 5.82. The van der Waals surface area contributed by atoms with Crippen molar-refractivity contribution in [3.63, 3.8) is 0 Å². The molecule has 2 amide bonds. The highest BCUT2D eigenvalue weighted by molar-refractivity contribution is 5.86. The highest BCUT2D eigenvalue weighted by Gasteiger charge is 2.42. The molecule has 0 aliphatic carbocycles. The van der Waals surface area contributed by atoms with E-state index in [4.69, 9.17) is 0 Å². The summed E-state index contributed by atoms with van der Waals surface area (Å²) in [7, 11) is 0. The molecule has 0 aromatic rings. The molecule has 5 heteroatoms. The molecule has 2 aliphatic rings. The summed E-state index contributed by atoms with van der Waals surface area (Å²) in [5.74, 6) is 0.0213. The summed E-state index contributed by atoms with van der Waals surface area (Å²) in [4.78, 5) is 26.3. The summed E-state index contributed by atoms with van der Waals surface area (Å²) in [5, 5.41) is 9.78. The number of aliphatic hydroxyl groups is 1. The lowest BCUT2D eigenvalue weighted by atomic mass is 9.91. The minimum atomic E-state index is -0.690. The Morgan fingerprint density at radius 3 is 2.69 bits per heavy atom. The number of hydrogen-bond acceptors (Lipinski definition) is 3. The lowest BCUT2D eigenvalue weighted by Gasteiger charge is -2.46. The Balaban J connectivity index is 1.80. The predicted octanol–water partition coefficient (Wildman–Crippen LogP) is -0.408. The fourth-order valence-electron chi connectivity index (χ4n) is 2.20. The van der Waals surface area contributed by atoms with Crippen LogP contribution in [0.5, 0.6) is 0 Å². The fourth-order valence-corrected chi connectivity index (χ4v) is 2.20. The van der Waals surface area contributed by atoms with E-state index >= 15 is 0 Å². The van der Waals surface area contributed by atoms with Crippen LogP contribution in [0.2, 0.25) is 0 Å². The van der Waals surface area contributed by atoms with Gasteiger partial charge in [-0.2, -0.15) is 0 Å². The molecule has 1 N–H and O–H groups in total. The molecule has 2 fully saturated rings. The molecule has 2 heterocycles. The van der Waals surface area contributed by atoms with Crippen molar-refractivity contribution in [2.24, 2.45) is 0 Å². The van der Waals surface area contributed by atoms with Crippen molar-refractivity contribution in [2.45, 2.75) is 31.8 Å². The maximum absolute atomic E-state index is 11.8. The van der Waals surface area contributed by atoms with Gasteiger partial charge in [0.05, 0.1) is 25.2 Å². The Labute approximate surface area is 95.0 Å². The molecule has 0 radical (unpaired) electrons. The van der Waals surface area contributed by atoms with Gasteiger partial charge in [-0.3, -0.25) is 9.59 Å². The summed E-state index contributed by atoms with van der Waals surface area (Å²) in [6.07, 6.45) is 2.08. The van der Waals surface area contributed by atoms with Crippen molar-refractivity contribution in [1.82, 2.24) is 9.80 Å². The second kappa shape index (κ2) is 4.05. The highest BCUT2D eigenvalue weighted by atomic mass is 16.3. The van der Waals surface area contributed by atoms with E-state index in [0.29, 0.717) is 32.5 Å². The predicted molar refractivity (Wildman–Crippen MR) is 57.6 cm³/mol. The first-order valence-corrected chi connectivity index (χ1v) is 5.82. The number of carbonyl (C=O) groups excluding carboxylic acids is 2.